The maximum atomic E-state index is 6.35. The molecule has 0 fully saturated rings. The number of nitrogens with two attached hydrogens (primary N) is 1. The second kappa shape index (κ2) is 5.37. The Kier molecular flexibility index (Phi) is 2.96. The highest BCUT2D eigenvalue weighted by Crippen LogP contribution is 2.38. The first-order chi connectivity index (χ1) is 13.3. The van der Waals surface area contributed by atoms with Crippen LogP contribution in [-0.2, 0) is 12.8 Å². The number of aromatic nitrogens is 5. The van der Waals surface area contributed by atoms with Gasteiger partial charge in [-0.2, -0.15) is 10.2 Å². The van der Waals surface area contributed by atoms with Gasteiger partial charge >= 0.3 is 0 Å². The first-order valence-corrected chi connectivity index (χ1v) is 9.24. The van der Waals surface area contributed by atoms with Gasteiger partial charge in [-0.15, -0.1) is 0 Å². The van der Waals surface area contributed by atoms with Gasteiger partial charge in [-0.1, -0.05) is 6.07 Å². The van der Waals surface area contributed by atoms with Crippen molar-refractivity contribution >= 4 is 32.7 Å². The fraction of sp³-hybridized carbons (Fsp3) is 0.190. The molecule has 1 unspecified atom stereocenters. The molecule has 1 atom stereocenters. The molecule has 0 radical (unpaired) electrons. The van der Waals surface area contributed by atoms with Gasteiger partial charge in [0.2, 0.25) is 0 Å². The number of nitrogens with zero attached hydrogens (tertiary/aromatic N) is 3. The number of aryl methyl sites for hydroxylation is 1. The van der Waals surface area contributed by atoms with Gasteiger partial charge in [0.15, 0.2) is 0 Å². The Balaban J connectivity index is 1.71. The SMILES string of the molecule is NC1CCc2c(c(-c3ccc4[nH]ncc4c3)nc3ccc4[nH]ncc4c23)C1. The molecule has 0 spiro atoms. The summed E-state index contributed by atoms with van der Waals surface area (Å²) in [6.45, 7) is 0. The highest BCUT2D eigenvalue weighted by Gasteiger charge is 2.24. The highest BCUT2D eigenvalue weighted by atomic mass is 15.1. The van der Waals surface area contributed by atoms with Crippen LogP contribution in [0.2, 0.25) is 0 Å². The number of H-pyrrole nitrogens is 2. The van der Waals surface area contributed by atoms with E-state index in [0.717, 1.165) is 57.8 Å². The van der Waals surface area contributed by atoms with Crippen molar-refractivity contribution in [1.82, 2.24) is 25.4 Å². The molecule has 27 heavy (non-hydrogen) atoms. The van der Waals surface area contributed by atoms with Crippen molar-refractivity contribution in [2.24, 2.45) is 5.73 Å². The summed E-state index contributed by atoms with van der Waals surface area (Å²) in [5.41, 5.74) is 14.2. The molecular formula is C21H18N6. The Labute approximate surface area is 154 Å². The number of aromatic amines is 2. The van der Waals surface area contributed by atoms with E-state index in [9.17, 15) is 0 Å². The Hall–Kier alpha value is -3.25. The molecule has 2 aromatic carbocycles. The van der Waals surface area contributed by atoms with Crippen molar-refractivity contribution < 1.29 is 0 Å². The number of hydrogen-bond acceptors (Lipinski definition) is 4. The zero-order chi connectivity index (χ0) is 18.0. The monoisotopic (exact) mass is 354 g/mol. The third-order valence-electron chi connectivity index (χ3n) is 5.73. The summed E-state index contributed by atoms with van der Waals surface area (Å²) in [4.78, 5) is 5.09. The van der Waals surface area contributed by atoms with E-state index in [1.54, 1.807) is 0 Å². The van der Waals surface area contributed by atoms with Gasteiger partial charge < -0.3 is 5.73 Å². The standard InChI is InChI=1S/C21H18N6/c22-13-2-3-14-15(8-13)21(11-1-4-17-12(7-11)9-23-26-17)25-19-6-5-18-16(20(14)19)10-24-27-18/h1,4-7,9-10,13H,2-3,8,22H2,(H,23,26)(H,24,27). The molecule has 0 amide bonds. The van der Waals surface area contributed by atoms with Crippen LogP contribution in [0.4, 0.5) is 0 Å². The topological polar surface area (TPSA) is 96.3 Å². The fourth-order valence-corrected chi connectivity index (χ4v) is 4.42. The van der Waals surface area contributed by atoms with E-state index in [2.05, 4.69) is 50.7 Å². The summed E-state index contributed by atoms with van der Waals surface area (Å²) >= 11 is 0. The van der Waals surface area contributed by atoms with E-state index in [4.69, 9.17) is 10.7 Å². The summed E-state index contributed by atoms with van der Waals surface area (Å²) in [6.07, 6.45) is 6.59. The lowest BCUT2D eigenvalue weighted by atomic mass is 9.83. The van der Waals surface area contributed by atoms with Crippen LogP contribution in [0.3, 0.4) is 0 Å². The van der Waals surface area contributed by atoms with E-state index in [1.165, 1.54) is 16.5 Å². The molecule has 1 aliphatic carbocycles. The molecule has 6 rings (SSSR count). The molecule has 0 bridgehead atoms. The number of pyridine rings is 1. The summed E-state index contributed by atoms with van der Waals surface area (Å²) in [6, 6.07) is 10.7. The Bertz CT molecular complexity index is 1330. The molecule has 0 saturated carbocycles. The van der Waals surface area contributed by atoms with Crippen LogP contribution in [0.25, 0.3) is 44.0 Å². The predicted octanol–water partition coefficient (Wildman–Crippen LogP) is 3.47. The first-order valence-electron chi connectivity index (χ1n) is 9.24. The average molecular weight is 354 g/mol. The molecular weight excluding hydrogens is 336 g/mol. The normalized spacial score (nSPS) is 17.0. The van der Waals surface area contributed by atoms with Crippen molar-refractivity contribution in [2.45, 2.75) is 25.3 Å². The third kappa shape index (κ3) is 2.13. The van der Waals surface area contributed by atoms with Crippen molar-refractivity contribution in [2.75, 3.05) is 0 Å². The average Bonchev–Trinajstić information content (AvgIpc) is 3.35. The van der Waals surface area contributed by atoms with Crippen LogP contribution >= 0.6 is 0 Å². The zero-order valence-electron chi connectivity index (χ0n) is 14.7. The third-order valence-corrected chi connectivity index (χ3v) is 5.73. The van der Waals surface area contributed by atoms with E-state index >= 15 is 0 Å². The molecule has 4 N–H and O–H groups in total. The van der Waals surface area contributed by atoms with Crippen molar-refractivity contribution in [3.63, 3.8) is 0 Å². The molecule has 5 aromatic rings. The molecule has 1 aliphatic rings. The molecule has 3 heterocycles. The van der Waals surface area contributed by atoms with Gasteiger partial charge in [0.05, 0.1) is 34.6 Å². The highest BCUT2D eigenvalue weighted by molar-refractivity contribution is 6.07. The zero-order valence-corrected chi connectivity index (χ0v) is 14.7. The summed E-state index contributed by atoms with van der Waals surface area (Å²) in [5, 5.41) is 17.9. The molecule has 3 aromatic heterocycles. The van der Waals surface area contributed by atoms with E-state index in [1.807, 2.05) is 12.4 Å². The summed E-state index contributed by atoms with van der Waals surface area (Å²) < 4.78 is 0. The minimum atomic E-state index is 0.178. The number of fused-ring (bicyclic) bond motifs is 6. The van der Waals surface area contributed by atoms with E-state index in [0.29, 0.717) is 0 Å². The van der Waals surface area contributed by atoms with Crippen molar-refractivity contribution in [3.05, 3.63) is 53.9 Å². The minimum absolute atomic E-state index is 0.178. The van der Waals surface area contributed by atoms with Gasteiger partial charge in [0.1, 0.15) is 0 Å². The maximum absolute atomic E-state index is 6.35. The lowest BCUT2D eigenvalue weighted by Gasteiger charge is -2.25. The molecule has 0 aliphatic heterocycles. The van der Waals surface area contributed by atoms with Gasteiger partial charge in [0, 0.05) is 27.8 Å². The number of rotatable bonds is 1. The molecule has 6 heteroatoms. The van der Waals surface area contributed by atoms with Crippen LogP contribution in [0.15, 0.2) is 42.7 Å². The quantitative estimate of drug-likeness (QED) is 0.429. The molecule has 6 nitrogen and oxygen atoms in total. The van der Waals surface area contributed by atoms with Gasteiger partial charge in [-0.05, 0) is 54.7 Å². The Morgan fingerprint density at radius 2 is 1.81 bits per heavy atom. The van der Waals surface area contributed by atoms with Crippen molar-refractivity contribution in [1.29, 1.82) is 0 Å². The van der Waals surface area contributed by atoms with Gasteiger partial charge in [-0.25, -0.2) is 4.98 Å². The van der Waals surface area contributed by atoms with E-state index in [-0.39, 0.29) is 6.04 Å². The maximum Gasteiger partial charge on any atom is 0.0745 e. The second-order valence-electron chi connectivity index (χ2n) is 7.38. The Morgan fingerprint density at radius 1 is 0.963 bits per heavy atom. The number of hydrogen-bond donors (Lipinski definition) is 3. The first kappa shape index (κ1) is 14.9. The van der Waals surface area contributed by atoms with Crippen molar-refractivity contribution in [3.8, 4) is 11.3 Å². The van der Waals surface area contributed by atoms with Crippen LogP contribution in [0, 0.1) is 0 Å². The summed E-state index contributed by atoms with van der Waals surface area (Å²) in [7, 11) is 0. The van der Waals surface area contributed by atoms with Crippen LogP contribution in [-0.4, -0.2) is 31.4 Å². The molecule has 0 saturated heterocycles. The van der Waals surface area contributed by atoms with Gasteiger partial charge in [-0.3, -0.25) is 10.2 Å². The largest absolute Gasteiger partial charge is 0.327 e. The Morgan fingerprint density at radius 3 is 2.78 bits per heavy atom. The van der Waals surface area contributed by atoms with Crippen LogP contribution in [0.5, 0.6) is 0 Å². The van der Waals surface area contributed by atoms with Gasteiger partial charge in [0.25, 0.3) is 0 Å². The number of nitrogens with one attached hydrogen (secondary N) is 2. The van der Waals surface area contributed by atoms with Crippen LogP contribution in [0.1, 0.15) is 17.5 Å². The fourth-order valence-electron chi connectivity index (χ4n) is 4.42. The minimum Gasteiger partial charge on any atom is -0.327 e. The predicted molar refractivity (Wildman–Crippen MR) is 106 cm³/mol. The second-order valence-corrected chi connectivity index (χ2v) is 7.38. The molecule has 132 valence electrons. The number of benzene rings is 2. The van der Waals surface area contributed by atoms with Crippen LogP contribution < -0.4 is 5.73 Å². The lowest BCUT2D eigenvalue weighted by molar-refractivity contribution is 0.579. The lowest BCUT2D eigenvalue weighted by Crippen LogP contribution is -2.28. The van der Waals surface area contributed by atoms with E-state index < -0.39 is 0 Å². The smallest absolute Gasteiger partial charge is 0.0745 e. The summed E-state index contributed by atoms with van der Waals surface area (Å²) in [5.74, 6) is 0.